The van der Waals surface area contributed by atoms with E-state index in [1.54, 1.807) is 6.07 Å². The first-order chi connectivity index (χ1) is 8.12. The smallest absolute Gasteiger partial charge is 0.165 e. The molecule has 0 aliphatic carbocycles. The molecule has 94 valence electrons. The predicted octanol–water partition coefficient (Wildman–Crippen LogP) is 1.71. The van der Waals surface area contributed by atoms with Gasteiger partial charge in [-0.1, -0.05) is 12.1 Å². The van der Waals surface area contributed by atoms with E-state index >= 15 is 0 Å². The largest absolute Gasteiger partial charge is 0.490 e. The van der Waals surface area contributed by atoms with Crippen molar-refractivity contribution in [3.63, 3.8) is 0 Å². The summed E-state index contributed by atoms with van der Waals surface area (Å²) in [5.41, 5.74) is 6.49. The fourth-order valence-corrected chi connectivity index (χ4v) is 2.55. The highest BCUT2D eigenvalue weighted by Gasteiger charge is 2.38. The molecule has 0 spiro atoms. The summed E-state index contributed by atoms with van der Waals surface area (Å²) in [4.78, 5) is 2.07. The molecule has 4 heteroatoms. The first-order valence-corrected chi connectivity index (χ1v) is 5.91. The quantitative estimate of drug-likeness (QED) is 0.852. The second-order valence-corrected chi connectivity index (χ2v) is 4.70. The molecule has 0 bridgehead atoms. The summed E-state index contributed by atoms with van der Waals surface area (Å²) in [6.45, 7) is 1.00. The SMILES string of the molecule is CN(C)C1(CN)CCCOc2c(F)cccc21. The lowest BCUT2D eigenvalue weighted by Crippen LogP contribution is -2.47. The van der Waals surface area contributed by atoms with Crippen molar-refractivity contribution in [2.75, 3.05) is 27.2 Å². The van der Waals surface area contributed by atoms with Crippen molar-refractivity contribution in [3.05, 3.63) is 29.6 Å². The van der Waals surface area contributed by atoms with Crippen molar-refractivity contribution in [3.8, 4) is 5.75 Å². The Hall–Kier alpha value is -1.13. The van der Waals surface area contributed by atoms with Crippen molar-refractivity contribution in [2.45, 2.75) is 18.4 Å². The van der Waals surface area contributed by atoms with Crippen LogP contribution in [0.2, 0.25) is 0 Å². The summed E-state index contributed by atoms with van der Waals surface area (Å²) in [6, 6.07) is 5.06. The molecule has 1 aromatic rings. The Balaban J connectivity index is 2.60. The van der Waals surface area contributed by atoms with E-state index in [2.05, 4.69) is 4.90 Å². The molecule has 0 saturated carbocycles. The minimum Gasteiger partial charge on any atom is -0.490 e. The van der Waals surface area contributed by atoms with Gasteiger partial charge in [0.2, 0.25) is 0 Å². The molecule has 0 amide bonds. The summed E-state index contributed by atoms with van der Waals surface area (Å²) in [5, 5.41) is 0. The third-order valence-corrected chi connectivity index (χ3v) is 3.64. The fourth-order valence-electron chi connectivity index (χ4n) is 2.55. The van der Waals surface area contributed by atoms with Crippen LogP contribution in [0.15, 0.2) is 18.2 Å². The fraction of sp³-hybridized carbons (Fsp3) is 0.538. The van der Waals surface area contributed by atoms with E-state index in [4.69, 9.17) is 10.5 Å². The van der Waals surface area contributed by atoms with Gasteiger partial charge in [-0.25, -0.2) is 4.39 Å². The van der Waals surface area contributed by atoms with Gasteiger partial charge in [-0.3, -0.25) is 4.90 Å². The molecule has 2 N–H and O–H groups in total. The molecule has 1 aliphatic rings. The van der Waals surface area contributed by atoms with Crippen molar-refractivity contribution in [1.82, 2.24) is 4.90 Å². The molecule has 17 heavy (non-hydrogen) atoms. The van der Waals surface area contributed by atoms with Gasteiger partial charge in [0.05, 0.1) is 12.1 Å². The number of benzene rings is 1. The second kappa shape index (κ2) is 4.63. The van der Waals surface area contributed by atoms with E-state index in [0.717, 1.165) is 18.4 Å². The average molecular weight is 238 g/mol. The van der Waals surface area contributed by atoms with Crippen molar-refractivity contribution >= 4 is 0 Å². The van der Waals surface area contributed by atoms with Gasteiger partial charge in [0.1, 0.15) is 0 Å². The average Bonchev–Trinajstić information content (AvgIpc) is 2.50. The van der Waals surface area contributed by atoms with E-state index < -0.39 is 0 Å². The number of hydrogen-bond acceptors (Lipinski definition) is 3. The minimum absolute atomic E-state index is 0.302. The van der Waals surface area contributed by atoms with Crippen LogP contribution in [0.1, 0.15) is 18.4 Å². The maximum absolute atomic E-state index is 13.8. The lowest BCUT2D eigenvalue weighted by atomic mass is 9.84. The Kier molecular flexibility index (Phi) is 3.35. The number of rotatable bonds is 2. The predicted molar refractivity (Wildman–Crippen MR) is 65.5 cm³/mol. The van der Waals surface area contributed by atoms with Gasteiger partial charge in [-0.05, 0) is 33.0 Å². The van der Waals surface area contributed by atoms with Gasteiger partial charge in [0.15, 0.2) is 11.6 Å². The highest BCUT2D eigenvalue weighted by atomic mass is 19.1. The van der Waals surface area contributed by atoms with Crippen LogP contribution in [-0.2, 0) is 5.54 Å². The first-order valence-electron chi connectivity index (χ1n) is 5.91. The van der Waals surface area contributed by atoms with Crippen LogP contribution in [-0.4, -0.2) is 32.1 Å². The highest BCUT2D eigenvalue weighted by Crippen LogP contribution is 2.40. The Bertz CT molecular complexity index is 408. The third-order valence-electron chi connectivity index (χ3n) is 3.64. The molecular formula is C13H19FN2O. The monoisotopic (exact) mass is 238 g/mol. The van der Waals surface area contributed by atoms with Crippen LogP contribution in [0.4, 0.5) is 4.39 Å². The minimum atomic E-state index is -0.325. The maximum Gasteiger partial charge on any atom is 0.165 e. The number of ether oxygens (including phenoxy) is 1. The van der Waals surface area contributed by atoms with Crippen LogP contribution >= 0.6 is 0 Å². The molecule has 2 rings (SSSR count). The number of fused-ring (bicyclic) bond motifs is 1. The first kappa shape index (κ1) is 12.3. The third kappa shape index (κ3) is 1.91. The highest BCUT2D eigenvalue weighted by molar-refractivity contribution is 5.41. The zero-order valence-electron chi connectivity index (χ0n) is 10.4. The number of para-hydroxylation sites is 1. The molecule has 0 radical (unpaired) electrons. The van der Waals surface area contributed by atoms with E-state index in [1.165, 1.54) is 6.07 Å². The number of halogens is 1. The molecule has 1 unspecified atom stereocenters. The Morgan fingerprint density at radius 3 is 2.88 bits per heavy atom. The van der Waals surface area contributed by atoms with Crippen molar-refractivity contribution < 1.29 is 9.13 Å². The normalized spacial score (nSPS) is 24.1. The van der Waals surface area contributed by atoms with Crippen LogP contribution < -0.4 is 10.5 Å². The Morgan fingerprint density at radius 2 is 2.24 bits per heavy atom. The molecule has 1 atom stereocenters. The number of hydrogen-bond donors (Lipinski definition) is 1. The van der Waals surface area contributed by atoms with Crippen LogP contribution in [0.5, 0.6) is 5.75 Å². The molecule has 1 aliphatic heterocycles. The van der Waals surface area contributed by atoms with Gasteiger partial charge in [-0.2, -0.15) is 0 Å². The number of likely N-dealkylation sites (N-methyl/N-ethyl adjacent to an activating group) is 1. The van der Waals surface area contributed by atoms with Gasteiger partial charge in [-0.15, -0.1) is 0 Å². The van der Waals surface area contributed by atoms with E-state index in [-0.39, 0.29) is 11.4 Å². The van der Waals surface area contributed by atoms with Crippen molar-refractivity contribution in [2.24, 2.45) is 5.73 Å². The Labute approximate surface area is 101 Å². The molecular weight excluding hydrogens is 219 g/mol. The van der Waals surface area contributed by atoms with E-state index in [9.17, 15) is 4.39 Å². The van der Waals surface area contributed by atoms with E-state index in [0.29, 0.717) is 18.9 Å². The zero-order valence-corrected chi connectivity index (χ0v) is 10.4. The zero-order chi connectivity index (χ0) is 12.5. The summed E-state index contributed by atoms with van der Waals surface area (Å²) in [5.74, 6) is 0.0632. The molecule has 0 fully saturated rings. The van der Waals surface area contributed by atoms with Crippen LogP contribution in [0, 0.1) is 5.82 Å². The molecule has 1 aromatic carbocycles. The summed E-state index contributed by atoms with van der Waals surface area (Å²) in [7, 11) is 3.96. The van der Waals surface area contributed by atoms with Gasteiger partial charge in [0, 0.05) is 12.1 Å². The maximum atomic E-state index is 13.8. The molecule has 3 nitrogen and oxygen atoms in total. The van der Waals surface area contributed by atoms with Gasteiger partial charge >= 0.3 is 0 Å². The topological polar surface area (TPSA) is 38.5 Å². The number of nitrogens with zero attached hydrogens (tertiary/aromatic N) is 1. The van der Waals surface area contributed by atoms with E-state index in [1.807, 2.05) is 20.2 Å². The lowest BCUT2D eigenvalue weighted by Gasteiger charge is -2.39. The summed E-state index contributed by atoms with van der Waals surface area (Å²) >= 11 is 0. The second-order valence-electron chi connectivity index (χ2n) is 4.70. The number of nitrogens with two attached hydrogens (primary N) is 1. The summed E-state index contributed by atoms with van der Waals surface area (Å²) < 4.78 is 19.3. The molecule has 0 saturated heterocycles. The standard InChI is InChI=1S/C13H19FN2O/c1-16(2)13(9-15)7-4-8-17-12-10(13)5-3-6-11(12)14/h3,5-6H,4,7-9,15H2,1-2H3. The van der Waals surface area contributed by atoms with Crippen LogP contribution in [0.25, 0.3) is 0 Å². The Morgan fingerprint density at radius 1 is 1.47 bits per heavy atom. The van der Waals surface area contributed by atoms with Crippen LogP contribution in [0.3, 0.4) is 0 Å². The lowest BCUT2D eigenvalue weighted by molar-refractivity contribution is 0.147. The summed E-state index contributed by atoms with van der Waals surface area (Å²) in [6.07, 6.45) is 1.76. The van der Waals surface area contributed by atoms with Gasteiger partial charge < -0.3 is 10.5 Å². The molecule has 0 aromatic heterocycles. The van der Waals surface area contributed by atoms with Crippen molar-refractivity contribution in [1.29, 1.82) is 0 Å². The van der Waals surface area contributed by atoms with Gasteiger partial charge in [0.25, 0.3) is 0 Å². The molecule has 1 heterocycles.